The van der Waals surface area contributed by atoms with Crippen LogP contribution in [0.2, 0.25) is 5.02 Å². The second-order valence-corrected chi connectivity index (χ2v) is 5.58. The fourth-order valence-electron chi connectivity index (χ4n) is 2.33. The van der Waals surface area contributed by atoms with Crippen molar-refractivity contribution < 1.29 is 14.3 Å². The Kier molecular flexibility index (Phi) is 4.20. The smallest absolute Gasteiger partial charge is 0.254 e. The molecule has 4 nitrogen and oxygen atoms in total. The molecule has 0 aliphatic carbocycles. The minimum atomic E-state index is -0.0630. The molecule has 1 amide bonds. The van der Waals surface area contributed by atoms with Gasteiger partial charge in [-0.2, -0.15) is 0 Å². The van der Waals surface area contributed by atoms with Crippen LogP contribution in [0.3, 0.4) is 0 Å². The first-order chi connectivity index (χ1) is 10.6. The van der Waals surface area contributed by atoms with Crippen molar-refractivity contribution in [2.75, 3.05) is 20.3 Å². The number of carbonyl (C=O) groups excluding carboxylic acids is 1. The van der Waals surface area contributed by atoms with Crippen LogP contribution in [0.4, 0.5) is 0 Å². The Bertz CT molecular complexity index is 685. The molecule has 2 aromatic rings. The average Bonchev–Trinajstić information content (AvgIpc) is 2.55. The van der Waals surface area contributed by atoms with Crippen molar-refractivity contribution in [3.8, 4) is 11.5 Å². The van der Waals surface area contributed by atoms with Gasteiger partial charge in [0.25, 0.3) is 5.91 Å². The Hall–Kier alpha value is -2.20. The van der Waals surface area contributed by atoms with E-state index in [4.69, 9.17) is 21.1 Å². The second-order valence-electron chi connectivity index (χ2n) is 5.15. The summed E-state index contributed by atoms with van der Waals surface area (Å²) in [6.45, 7) is 1.56. The van der Waals surface area contributed by atoms with Crippen LogP contribution in [0.5, 0.6) is 11.5 Å². The van der Waals surface area contributed by atoms with Gasteiger partial charge in [0.2, 0.25) is 0 Å². The lowest BCUT2D eigenvalue weighted by atomic mass is 10.1. The maximum atomic E-state index is 12.5. The summed E-state index contributed by atoms with van der Waals surface area (Å²) >= 11 is 5.87. The highest BCUT2D eigenvalue weighted by Gasteiger charge is 2.17. The first kappa shape index (κ1) is 14.7. The molecule has 0 unspecified atom stereocenters. The first-order valence-corrected chi connectivity index (χ1v) is 7.41. The number of halogens is 1. The summed E-state index contributed by atoms with van der Waals surface area (Å²) in [5.74, 6) is 1.24. The zero-order chi connectivity index (χ0) is 15.5. The summed E-state index contributed by atoms with van der Waals surface area (Å²) in [6, 6.07) is 12.7. The minimum Gasteiger partial charge on any atom is -0.486 e. The van der Waals surface area contributed by atoms with Crippen molar-refractivity contribution in [2.24, 2.45) is 0 Å². The van der Waals surface area contributed by atoms with Gasteiger partial charge in [0.1, 0.15) is 13.2 Å². The van der Waals surface area contributed by atoms with E-state index in [1.54, 1.807) is 30.1 Å². The zero-order valence-electron chi connectivity index (χ0n) is 12.2. The molecule has 114 valence electrons. The Balaban J connectivity index is 1.73. The Morgan fingerprint density at radius 3 is 2.50 bits per heavy atom. The number of ether oxygens (including phenoxy) is 2. The Morgan fingerprint density at radius 1 is 1.09 bits per heavy atom. The largest absolute Gasteiger partial charge is 0.486 e. The van der Waals surface area contributed by atoms with Crippen molar-refractivity contribution in [1.82, 2.24) is 4.90 Å². The molecule has 0 atom stereocenters. The maximum Gasteiger partial charge on any atom is 0.254 e. The quantitative estimate of drug-likeness (QED) is 0.871. The van der Waals surface area contributed by atoms with Crippen LogP contribution < -0.4 is 9.47 Å². The fourth-order valence-corrected chi connectivity index (χ4v) is 2.46. The van der Waals surface area contributed by atoms with E-state index in [0.29, 0.717) is 41.8 Å². The highest BCUT2D eigenvalue weighted by Crippen LogP contribution is 2.31. The molecule has 0 saturated carbocycles. The van der Waals surface area contributed by atoms with Crippen LogP contribution in [0, 0.1) is 0 Å². The van der Waals surface area contributed by atoms with Gasteiger partial charge in [0.05, 0.1) is 0 Å². The van der Waals surface area contributed by atoms with Gasteiger partial charge in [-0.15, -0.1) is 0 Å². The Morgan fingerprint density at radius 2 is 1.77 bits per heavy atom. The van der Waals surface area contributed by atoms with Crippen LogP contribution in [-0.2, 0) is 6.54 Å². The number of benzene rings is 2. The minimum absolute atomic E-state index is 0.0630. The average molecular weight is 318 g/mol. The molecule has 0 radical (unpaired) electrons. The summed E-state index contributed by atoms with van der Waals surface area (Å²) < 4.78 is 11.0. The summed E-state index contributed by atoms with van der Waals surface area (Å²) in [4.78, 5) is 14.2. The third-order valence-electron chi connectivity index (χ3n) is 3.47. The van der Waals surface area contributed by atoms with Gasteiger partial charge in [-0.3, -0.25) is 4.79 Å². The summed E-state index contributed by atoms with van der Waals surface area (Å²) in [6.07, 6.45) is 0. The fraction of sp³-hybridized carbons (Fsp3) is 0.235. The number of hydrogen-bond acceptors (Lipinski definition) is 3. The van der Waals surface area contributed by atoms with Crippen LogP contribution in [0.25, 0.3) is 0 Å². The van der Waals surface area contributed by atoms with E-state index in [-0.39, 0.29) is 5.91 Å². The number of hydrogen-bond donors (Lipinski definition) is 0. The van der Waals surface area contributed by atoms with Crippen molar-refractivity contribution in [3.63, 3.8) is 0 Å². The van der Waals surface area contributed by atoms with Gasteiger partial charge < -0.3 is 14.4 Å². The lowest BCUT2D eigenvalue weighted by molar-refractivity contribution is 0.0784. The van der Waals surface area contributed by atoms with Gasteiger partial charge in [-0.1, -0.05) is 23.7 Å². The molecule has 0 aromatic heterocycles. The molecule has 2 aromatic carbocycles. The molecule has 1 heterocycles. The van der Waals surface area contributed by atoms with E-state index >= 15 is 0 Å². The number of fused-ring (bicyclic) bond motifs is 1. The molecule has 0 N–H and O–H groups in total. The molecule has 3 rings (SSSR count). The van der Waals surface area contributed by atoms with E-state index in [9.17, 15) is 4.79 Å². The van der Waals surface area contributed by atoms with Crippen LogP contribution in [0.1, 0.15) is 15.9 Å². The molecule has 1 aliphatic heterocycles. The molecule has 5 heteroatoms. The lowest BCUT2D eigenvalue weighted by Crippen LogP contribution is -2.26. The van der Waals surface area contributed by atoms with Crippen molar-refractivity contribution in [2.45, 2.75) is 6.54 Å². The highest BCUT2D eigenvalue weighted by molar-refractivity contribution is 6.30. The predicted molar refractivity (Wildman–Crippen MR) is 84.7 cm³/mol. The molecule has 0 bridgehead atoms. The normalized spacial score (nSPS) is 12.8. The topological polar surface area (TPSA) is 38.8 Å². The zero-order valence-corrected chi connectivity index (χ0v) is 13.0. The summed E-state index contributed by atoms with van der Waals surface area (Å²) in [5.41, 5.74) is 1.61. The lowest BCUT2D eigenvalue weighted by Gasteiger charge is -2.21. The predicted octanol–water partition coefficient (Wildman–Crippen LogP) is 3.38. The van der Waals surface area contributed by atoms with E-state index in [0.717, 1.165) is 5.56 Å². The van der Waals surface area contributed by atoms with Gasteiger partial charge in [-0.05, 0) is 35.9 Å². The summed E-state index contributed by atoms with van der Waals surface area (Å²) in [5, 5.41) is 0.685. The molecule has 0 saturated heterocycles. The molecule has 22 heavy (non-hydrogen) atoms. The maximum absolute atomic E-state index is 12.5. The number of nitrogens with zero attached hydrogens (tertiary/aromatic N) is 1. The van der Waals surface area contributed by atoms with Crippen LogP contribution in [0.15, 0.2) is 42.5 Å². The van der Waals surface area contributed by atoms with Crippen molar-refractivity contribution >= 4 is 17.5 Å². The van der Waals surface area contributed by atoms with E-state index in [1.165, 1.54) is 0 Å². The third kappa shape index (κ3) is 3.17. The van der Waals surface area contributed by atoms with E-state index in [2.05, 4.69) is 0 Å². The first-order valence-electron chi connectivity index (χ1n) is 7.03. The van der Waals surface area contributed by atoms with E-state index < -0.39 is 0 Å². The number of rotatable bonds is 3. The van der Waals surface area contributed by atoms with Crippen LogP contribution in [-0.4, -0.2) is 31.1 Å². The van der Waals surface area contributed by atoms with Gasteiger partial charge in [0, 0.05) is 24.2 Å². The molecular weight excluding hydrogens is 302 g/mol. The Labute approximate surface area is 134 Å². The molecule has 1 aliphatic rings. The molecule has 0 fully saturated rings. The van der Waals surface area contributed by atoms with Crippen molar-refractivity contribution in [1.29, 1.82) is 0 Å². The molecule has 0 spiro atoms. The monoisotopic (exact) mass is 317 g/mol. The van der Waals surface area contributed by atoms with Gasteiger partial charge >= 0.3 is 0 Å². The molecular formula is C17H16ClNO3. The number of carbonyl (C=O) groups is 1. The standard InChI is InChI=1S/C17H16ClNO3/c1-19(11-12-2-5-14(18)6-3-12)17(20)13-4-7-15-16(10-13)22-9-8-21-15/h2-7,10H,8-9,11H2,1H3. The van der Waals surface area contributed by atoms with Gasteiger partial charge in [-0.25, -0.2) is 0 Å². The number of amides is 1. The van der Waals surface area contributed by atoms with Crippen molar-refractivity contribution in [3.05, 3.63) is 58.6 Å². The highest BCUT2D eigenvalue weighted by atomic mass is 35.5. The SMILES string of the molecule is CN(Cc1ccc(Cl)cc1)C(=O)c1ccc2c(c1)OCCO2. The van der Waals surface area contributed by atoms with Crippen LogP contribution >= 0.6 is 11.6 Å². The second kappa shape index (κ2) is 6.28. The van der Waals surface area contributed by atoms with Gasteiger partial charge in [0.15, 0.2) is 11.5 Å². The van der Waals surface area contributed by atoms with E-state index in [1.807, 2.05) is 24.3 Å². The summed E-state index contributed by atoms with van der Waals surface area (Å²) in [7, 11) is 1.77. The third-order valence-corrected chi connectivity index (χ3v) is 3.72.